The Kier molecular flexibility index (Phi) is 5.23. The van der Waals surface area contributed by atoms with Gasteiger partial charge < -0.3 is 4.74 Å². The van der Waals surface area contributed by atoms with E-state index in [-0.39, 0.29) is 11.1 Å². The molecule has 0 aliphatic heterocycles. The lowest BCUT2D eigenvalue weighted by Gasteiger charge is -2.10. The molecule has 0 spiro atoms. The Labute approximate surface area is 156 Å². The van der Waals surface area contributed by atoms with Gasteiger partial charge >= 0.3 is 6.36 Å². The van der Waals surface area contributed by atoms with E-state index in [2.05, 4.69) is 16.6 Å². The first-order valence-corrected chi connectivity index (χ1v) is 8.16. The van der Waals surface area contributed by atoms with Crippen LogP contribution < -0.4 is 4.74 Å². The van der Waals surface area contributed by atoms with E-state index in [1.54, 1.807) is 18.2 Å². The molecular weight excluding hydrogens is 382 g/mol. The van der Waals surface area contributed by atoms with Crippen molar-refractivity contribution in [2.45, 2.75) is 19.7 Å². The maximum Gasteiger partial charge on any atom is 0.573 e. The lowest BCUT2D eigenvalue weighted by atomic mass is 10.0. The molecule has 0 aromatic heterocycles. The van der Waals surface area contributed by atoms with Gasteiger partial charge in [-0.3, -0.25) is 0 Å². The number of fused-ring (bicyclic) bond motifs is 1. The van der Waals surface area contributed by atoms with E-state index in [9.17, 15) is 26.3 Å². The molecule has 0 heterocycles. The zero-order valence-corrected chi connectivity index (χ0v) is 14.4. The van der Waals surface area contributed by atoms with Crippen LogP contribution in [0.5, 0.6) is 5.75 Å². The summed E-state index contributed by atoms with van der Waals surface area (Å²) in [6.45, 7) is 1.97. The van der Waals surface area contributed by atoms with E-state index in [0.717, 1.165) is 12.0 Å². The minimum Gasteiger partial charge on any atom is -0.399 e. The molecule has 0 saturated heterocycles. The SMILES string of the molecule is CCc1ccc2c(F)c(C#Cc3cc(F)c(OC(F)(F)F)c(F)c3)ccc2c1. The van der Waals surface area contributed by atoms with Crippen LogP contribution in [-0.2, 0) is 6.42 Å². The molecule has 1 nitrogen and oxygen atoms in total. The maximum atomic E-state index is 14.6. The number of hydrogen-bond donors (Lipinski definition) is 0. The van der Waals surface area contributed by atoms with Crippen molar-refractivity contribution in [2.24, 2.45) is 0 Å². The summed E-state index contributed by atoms with van der Waals surface area (Å²) in [6.07, 6.45) is -4.44. The van der Waals surface area contributed by atoms with Gasteiger partial charge in [0.1, 0.15) is 5.82 Å². The monoisotopic (exact) mass is 394 g/mol. The van der Waals surface area contributed by atoms with Gasteiger partial charge in [-0.1, -0.05) is 43.0 Å². The highest BCUT2D eigenvalue weighted by atomic mass is 19.4. The Morgan fingerprint density at radius 2 is 1.57 bits per heavy atom. The summed E-state index contributed by atoms with van der Waals surface area (Å²) in [4.78, 5) is 0. The highest BCUT2D eigenvalue weighted by molar-refractivity contribution is 5.85. The second-order valence-corrected chi connectivity index (χ2v) is 5.90. The van der Waals surface area contributed by atoms with Gasteiger partial charge in [0.15, 0.2) is 11.6 Å². The number of benzene rings is 3. The van der Waals surface area contributed by atoms with Crippen molar-refractivity contribution in [3.8, 4) is 17.6 Å². The standard InChI is InChI=1S/C21H12F6O/c1-2-12-4-8-16-15(9-12)7-6-14(19(16)24)5-3-13-10-17(22)20(18(23)11-13)28-21(25,26)27/h4,6-11H,2H2,1H3. The number of rotatable bonds is 2. The van der Waals surface area contributed by atoms with Gasteiger partial charge in [-0.15, -0.1) is 13.2 Å². The summed E-state index contributed by atoms with van der Waals surface area (Å²) < 4.78 is 81.9. The first-order chi connectivity index (χ1) is 13.2. The van der Waals surface area contributed by atoms with Gasteiger partial charge in [0.05, 0.1) is 5.56 Å². The molecule has 3 aromatic carbocycles. The van der Waals surface area contributed by atoms with Gasteiger partial charge in [-0.05, 0) is 35.6 Å². The van der Waals surface area contributed by atoms with E-state index in [1.807, 2.05) is 13.0 Å². The van der Waals surface area contributed by atoms with E-state index >= 15 is 0 Å². The van der Waals surface area contributed by atoms with E-state index < -0.39 is 29.6 Å². The predicted molar refractivity (Wildman–Crippen MR) is 92.3 cm³/mol. The van der Waals surface area contributed by atoms with Crippen molar-refractivity contribution in [2.75, 3.05) is 0 Å². The molecule has 0 amide bonds. The first kappa shape index (κ1) is 19.6. The van der Waals surface area contributed by atoms with Crippen molar-refractivity contribution in [1.29, 1.82) is 0 Å². The molecule has 28 heavy (non-hydrogen) atoms. The summed E-state index contributed by atoms with van der Waals surface area (Å²) in [5.74, 6) is -0.480. The molecule has 0 atom stereocenters. The lowest BCUT2D eigenvalue weighted by molar-refractivity contribution is -0.276. The molecule has 144 valence electrons. The van der Waals surface area contributed by atoms with E-state index in [4.69, 9.17) is 0 Å². The molecule has 3 rings (SSSR count). The fourth-order valence-electron chi connectivity index (χ4n) is 2.64. The number of ether oxygens (including phenoxy) is 1. The fourth-order valence-corrected chi connectivity index (χ4v) is 2.64. The van der Waals surface area contributed by atoms with Crippen LogP contribution in [0.4, 0.5) is 26.3 Å². The molecule has 0 aliphatic carbocycles. The molecule has 0 N–H and O–H groups in total. The third-order valence-corrected chi connectivity index (χ3v) is 3.98. The van der Waals surface area contributed by atoms with Crippen LogP contribution >= 0.6 is 0 Å². The zero-order valence-electron chi connectivity index (χ0n) is 14.4. The van der Waals surface area contributed by atoms with Gasteiger partial charge in [0.2, 0.25) is 5.75 Å². The van der Waals surface area contributed by atoms with Gasteiger partial charge in [0, 0.05) is 10.9 Å². The number of aryl methyl sites for hydroxylation is 1. The highest BCUT2D eigenvalue weighted by Gasteiger charge is 2.34. The van der Waals surface area contributed by atoms with Crippen LogP contribution in [0.1, 0.15) is 23.6 Å². The molecular formula is C21H12F6O. The second kappa shape index (κ2) is 7.47. The number of halogens is 6. The summed E-state index contributed by atoms with van der Waals surface area (Å²) >= 11 is 0. The highest BCUT2D eigenvalue weighted by Crippen LogP contribution is 2.29. The average molecular weight is 394 g/mol. The molecule has 0 radical (unpaired) electrons. The molecule has 0 bridgehead atoms. The predicted octanol–water partition coefficient (Wildman–Crippen LogP) is 6.12. The van der Waals surface area contributed by atoms with Crippen LogP contribution in [0, 0.1) is 29.3 Å². The maximum absolute atomic E-state index is 14.6. The molecule has 0 saturated carbocycles. The Balaban J connectivity index is 1.96. The van der Waals surface area contributed by atoms with Gasteiger partial charge in [-0.25, -0.2) is 13.2 Å². The zero-order chi connectivity index (χ0) is 20.5. The molecule has 0 fully saturated rings. The Bertz CT molecular complexity index is 1080. The Morgan fingerprint density at radius 3 is 2.18 bits per heavy atom. The number of alkyl halides is 3. The second-order valence-electron chi connectivity index (χ2n) is 5.90. The third kappa shape index (κ3) is 4.22. The minimum absolute atomic E-state index is 0.00631. The minimum atomic E-state index is -5.24. The van der Waals surface area contributed by atoms with Crippen molar-refractivity contribution < 1.29 is 31.1 Å². The summed E-state index contributed by atoms with van der Waals surface area (Å²) in [7, 11) is 0. The summed E-state index contributed by atoms with van der Waals surface area (Å²) in [6, 6.07) is 9.53. The molecule has 7 heteroatoms. The third-order valence-electron chi connectivity index (χ3n) is 3.98. The van der Waals surface area contributed by atoms with Crippen molar-refractivity contribution in [3.63, 3.8) is 0 Å². The number of hydrogen-bond acceptors (Lipinski definition) is 1. The summed E-state index contributed by atoms with van der Waals surface area (Å²) in [5.41, 5.74) is 0.774. The molecule has 3 aromatic rings. The fraction of sp³-hybridized carbons (Fsp3) is 0.143. The van der Waals surface area contributed by atoms with Crippen LogP contribution in [0.25, 0.3) is 10.8 Å². The van der Waals surface area contributed by atoms with E-state index in [0.29, 0.717) is 22.9 Å². The van der Waals surface area contributed by atoms with Crippen LogP contribution in [0.3, 0.4) is 0 Å². The lowest BCUT2D eigenvalue weighted by Crippen LogP contribution is -2.19. The Hall–Kier alpha value is -3.14. The van der Waals surface area contributed by atoms with Gasteiger partial charge in [-0.2, -0.15) is 0 Å². The summed E-state index contributed by atoms with van der Waals surface area (Å²) in [5, 5.41) is 1.03. The van der Waals surface area contributed by atoms with Gasteiger partial charge in [0.25, 0.3) is 0 Å². The van der Waals surface area contributed by atoms with Crippen molar-refractivity contribution in [3.05, 3.63) is 76.6 Å². The largest absolute Gasteiger partial charge is 0.573 e. The normalized spacial score (nSPS) is 11.2. The van der Waals surface area contributed by atoms with E-state index in [1.165, 1.54) is 6.07 Å². The van der Waals surface area contributed by atoms with Crippen molar-refractivity contribution in [1.82, 2.24) is 0 Å². The van der Waals surface area contributed by atoms with Crippen LogP contribution in [0.15, 0.2) is 42.5 Å². The average Bonchev–Trinajstić information content (AvgIpc) is 2.63. The molecule has 0 aliphatic rings. The van der Waals surface area contributed by atoms with Crippen molar-refractivity contribution >= 4 is 10.8 Å². The topological polar surface area (TPSA) is 9.23 Å². The smallest absolute Gasteiger partial charge is 0.399 e. The molecule has 0 unspecified atom stereocenters. The van der Waals surface area contributed by atoms with Crippen LogP contribution in [0.2, 0.25) is 0 Å². The first-order valence-electron chi connectivity index (χ1n) is 8.16. The van der Waals surface area contributed by atoms with Crippen LogP contribution in [-0.4, -0.2) is 6.36 Å². The quantitative estimate of drug-likeness (QED) is 0.376. The Morgan fingerprint density at radius 1 is 0.893 bits per heavy atom.